The van der Waals surface area contributed by atoms with E-state index in [0.717, 1.165) is 10.9 Å². The molecule has 0 aliphatic heterocycles. The van der Waals surface area contributed by atoms with Gasteiger partial charge in [-0.05, 0) is 24.3 Å². The number of anilines is 1. The van der Waals surface area contributed by atoms with Gasteiger partial charge in [-0.1, -0.05) is 30.8 Å². The van der Waals surface area contributed by atoms with Crippen molar-refractivity contribution in [3.63, 3.8) is 0 Å². The zero-order chi connectivity index (χ0) is 15.5. The molecule has 0 saturated carbocycles. The monoisotopic (exact) mass is 292 g/mol. The van der Waals surface area contributed by atoms with Crippen molar-refractivity contribution in [2.24, 2.45) is 5.73 Å². The lowest BCUT2D eigenvalue weighted by atomic mass is 10.1. The number of phenols is 1. The van der Waals surface area contributed by atoms with Crippen LogP contribution in [0.15, 0.2) is 60.8 Å². The minimum atomic E-state index is 0.145. The first kappa shape index (κ1) is 13.9. The molecular weight excluding hydrogens is 276 g/mol. The lowest BCUT2D eigenvalue weighted by Crippen LogP contribution is -2.12. The molecule has 5 heteroatoms. The zero-order valence-electron chi connectivity index (χ0n) is 12.0. The van der Waals surface area contributed by atoms with Crippen LogP contribution < -0.4 is 11.1 Å². The normalized spacial score (nSPS) is 10.5. The smallest absolute Gasteiger partial charge is 0.165 e. The molecule has 0 aliphatic rings. The van der Waals surface area contributed by atoms with Gasteiger partial charge in [-0.2, -0.15) is 0 Å². The second kappa shape index (κ2) is 5.73. The van der Waals surface area contributed by atoms with E-state index in [2.05, 4.69) is 21.9 Å². The third-order valence-electron chi connectivity index (χ3n) is 3.23. The summed E-state index contributed by atoms with van der Waals surface area (Å²) in [5.41, 5.74) is 7.52. The summed E-state index contributed by atoms with van der Waals surface area (Å²) >= 11 is 0. The number of nitrogens with zero attached hydrogens (tertiary/aromatic N) is 2. The predicted octanol–water partition coefficient (Wildman–Crippen LogP) is 2.89. The largest absolute Gasteiger partial charge is 0.507 e. The van der Waals surface area contributed by atoms with Crippen molar-refractivity contribution in [3.05, 3.63) is 60.8 Å². The van der Waals surface area contributed by atoms with Crippen molar-refractivity contribution in [1.29, 1.82) is 0 Å². The summed E-state index contributed by atoms with van der Waals surface area (Å²) in [5, 5.41) is 14.1. The molecular formula is C17H16N4O. The number of phenolic OH excluding ortho intramolecular Hbond substituents is 1. The van der Waals surface area contributed by atoms with Gasteiger partial charge in [0.25, 0.3) is 0 Å². The van der Waals surface area contributed by atoms with Gasteiger partial charge in [0.1, 0.15) is 11.6 Å². The minimum absolute atomic E-state index is 0.145. The fraction of sp³-hybridized carbons (Fsp3) is 0.0588. The topological polar surface area (TPSA) is 84.1 Å². The third-order valence-corrected chi connectivity index (χ3v) is 3.23. The molecule has 4 N–H and O–H groups in total. The van der Waals surface area contributed by atoms with E-state index in [0.29, 0.717) is 29.4 Å². The number of para-hydroxylation sites is 2. The van der Waals surface area contributed by atoms with Crippen molar-refractivity contribution in [1.82, 2.24) is 9.97 Å². The van der Waals surface area contributed by atoms with Crippen LogP contribution in [0.3, 0.4) is 0 Å². The van der Waals surface area contributed by atoms with Gasteiger partial charge in [0.05, 0.1) is 17.6 Å². The molecule has 0 bridgehead atoms. The highest BCUT2D eigenvalue weighted by atomic mass is 16.3. The molecule has 0 fully saturated rings. The molecule has 1 aromatic heterocycles. The maximum absolute atomic E-state index is 10.0. The van der Waals surface area contributed by atoms with Gasteiger partial charge < -0.3 is 16.2 Å². The van der Waals surface area contributed by atoms with E-state index in [1.165, 1.54) is 0 Å². The first-order valence-corrected chi connectivity index (χ1v) is 6.87. The Balaban J connectivity index is 2.16. The van der Waals surface area contributed by atoms with Gasteiger partial charge in [-0.25, -0.2) is 9.97 Å². The fourth-order valence-electron chi connectivity index (χ4n) is 2.19. The van der Waals surface area contributed by atoms with Crippen LogP contribution in [0.5, 0.6) is 5.75 Å². The number of nitrogens with two attached hydrogens (primary N) is 1. The number of fused-ring (bicyclic) bond motifs is 1. The van der Waals surface area contributed by atoms with E-state index in [1.54, 1.807) is 18.2 Å². The van der Waals surface area contributed by atoms with Crippen LogP contribution in [0.1, 0.15) is 0 Å². The van der Waals surface area contributed by atoms with Crippen LogP contribution >= 0.6 is 0 Å². The molecule has 5 nitrogen and oxygen atoms in total. The Morgan fingerprint density at radius 1 is 1.09 bits per heavy atom. The molecule has 0 spiro atoms. The molecule has 3 aromatic rings. The molecule has 110 valence electrons. The molecule has 0 amide bonds. The number of rotatable bonds is 4. The minimum Gasteiger partial charge on any atom is -0.507 e. The van der Waals surface area contributed by atoms with Crippen LogP contribution in [0.25, 0.3) is 22.3 Å². The van der Waals surface area contributed by atoms with Crippen molar-refractivity contribution in [2.75, 3.05) is 11.9 Å². The summed E-state index contributed by atoms with van der Waals surface area (Å²) in [5.74, 6) is 1.27. The highest BCUT2D eigenvalue weighted by molar-refractivity contribution is 5.90. The van der Waals surface area contributed by atoms with Crippen molar-refractivity contribution >= 4 is 16.7 Å². The highest BCUT2D eigenvalue weighted by Gasteiger charge is 2.11. The van der Waals surface area contributed by atoms with Crippen molar-refractivity contribution in [3.8, 4) is 17.1 Å². The lowest BCUT2D eigenvalue weighted by molar-refractivity contribution is 0.477. The summed E-state index contributed by atoms with van der Waals surface area (Å²) < 4.78 is 0. The third kappa shape index (κ3) is 2.69. The molecule has 0 radical (unpaired) electrons. The van der Waals surface area contributed by atoms with Crippen LogP contribution in [0, 0.1) is 0 Å². The van der Waals surface area contributed by atoms with Crippen LogP contribution in [0.2, 0.25) is 0 Å². The van der Waals surface area contributed by atoms with Gasteiger partial charge in [0.15, 0.2) is 5.82 Å². The van der Waals surface area contributed by atoms with E-state index in [4.69, 9.17) is 5.73 Å². The molecule has 0 aliphatic carbocycles. The first-order valence-electron chi connectivity index (χ1n) is 6.87. The molecule has 22 heavy (non-hydrogen) atoms. The number of hydrogen-bond donors (Lipinski definition) is 3. The number of benzene rings is 2. The molecule has 3 rings (SSSR count). The van der Waals surface area contributed by atoms with Gasteiger partial charge in [-0.15, -0.1) is 0 Å². The number of nitrogens with one attached hydrogen (secondary N) is 1. The average molecular weight is 292 g/mol. The van der Waals surface area contributed by atoms with Crippen LogP contribution in [-0.2, 0) is 0 Å². The maximum Gasteiger partial charge on any atom is 0.165 e. The molecule has 0 unspecified atom stereocenters. The molecule has 0 atom stereocenters. The van der Waals surface area contributed by atoms with Crippen molar-refractivity contribution in [2.45, 2.75) is 0 Å². The quantitative estimate of drug-likeness (QED) is 0.688. The number of aromatic nitrogens is 2. The Labute approximate surface area is 128 Å². The molecule has 1 heterocycles. The summed E-state index contributed by atoms with van der Waals surface area (Å²) in [4.78, 5) is 9.05. The fourth-order valence-corrected chi connectivity index (χ4v) is 2.19. The Bertz CT molecular complexity index is 845. The second-order valence-corrected chi connectivity index (χ2v) is 4.94. The standard InChI is InChI=1S/C17H16N4O/c1-11(18)10-19-16-12-6-2-4-8-14(12)20-17(21-16)13-7-3-5-9-15(13)22/h2-9,22H,1,10,18H2,(H,19,20,21). The lowest BCUT2D eigenvalue weighted by Gasteiger charge is -2.11. The van der Waals surface area contributed by atoms with Gasteiger partial charge in [0.2, 0.25) is 0 Å². The number of aromatic hydroxyl groups is 1. The summed E-state index contributed by atoms with van der Waals surface area (Å²) in [6.45, 7) is 4.09. The Kier molecular flexibility index (Phi) is 3.62. The summed E-state index contributed by atoms with van der Waals surface area (Å²) in [7, 11) is 0. The zero-order valence-corrected chi connectivity index (χ0v) is 12.0. The molecule has 0 saturated heterocycles. The van der Waals surface area contributed by atoms with E-state index < -0.39 is 0 Å². The van der Waals surface area contributed by atoms with Gasteiger partial charge >= 0.3 is 0 Å². The summed E-state index contributed by atoms with van der Waals surface area (Å²) in [6, 6.07) is 14.7. The van der Waals surface area contributed by atoms with Gasteiger partial charge in [-0.3, -0.25) is 0 Å². The van der Waals surface area contributed by atoms with E-state index in [1.807, 2.05) is 30.3 Å². The Morgan fingerprint density at radius 3 is 2.59 bits per heavy atom. The van der Waals surface area contributed by atoms with E-state index >= 15 is 0 Å². The Hall–Kier alpha value is -3.08. The number of hydrogen-bond acceptors (Lipinski definition) is 5. The highest BCUT2D eigenvalue weighted by Crippen LogP contribution is 2.29. The predicted molar refractivity (Wildman–Crippen MR) is 88.5 cm³/mol. The van der Waals surface area contributed by atoms with Gasteiger partial charge in [0, 0.05) is 11.1 Å². The van der Waals surface area contributed by atoms with Crippen LogP contribution in [-0.4, -0.2) is 21.6 Å². The Morgan fingerprint density at radius 2 is 1.82 bits per heavy atom. The van der Waals surface area contributed by atoms with E-state index in [-0.39, 0.29) is 5.75 Å². The SMILES string of the molecule is C=C(N)CNc1nc(-c2ccccc2O)nc2ccccc12. The first-order chi connectivity index (χ1) is 10.6. The second-order valence-electron chi connectivity index (χ2n) is 4.94. The maximum atomic E-state index is 10.0. The summed E-state index contributed by atoms with van der Waals surface area (Å²) in [6.07, 6.45) is 0. The average Bonchev–Trinajstić information content (AvgIpc) is 2.52. The van der Waals surface area contributed by atoms with E-state index in [9.17, 15) is 5.11 Å². The molecule has 2 aromatic carbocycles. The van der Waals surface area contributed by atoms with Crippen molar-refractivity contribution < 1.29 is 5.11 Å². The van der Waals surface area contributed by atoms with Crippen LogP contribution in [0.4, 0.5) is 5.82 Å².